The van der Waals surface area contributed by atoms with Crippen molar-refractivity contribution in [2.24, 2.45) is 28.7 Å². The topological polar surface area (TPSA) is 158 Å². The second-order valence-corrected chi connectivity index (χ2v) is 16.9. The molecule has 3 N–H and O–H groups in total. The molecule has 310 valence electrons. The predicted octanol–water partition coefficient (Wildman–Crippen LogP) is 7.61. The van der Waals surface area contributed by atoms with Crippen LogP contribution in [0.2, 0.25) is 0 Å². The van der Waals surface area contributed by atoms with E-state index in [1.54, 1.807) is 0 Å². The van der Waals surface area contributed by atoms with Gasteiger partial charge >= 0.3 is 12.2 Å². The first-order valence-corrected chi connectivity index (χ1v) is 20.5. The van der Waals surface area contributed by atoms with Gasteiger partial charge in [-0.25, -0.2) is 14.6 Å². The third-order valence-corrected chi connectivity index (χ3v) is 12.5. The van der Waals surface area contributed by atoms with Crippen LogP contribution in [0.25, 0.3) is 28.0 Å². The lowest BCUT2D eigenvalue weighted by atomic mass is 9.95. The average molecular weight is 794 g/mol. The van der Waals surface area contributed by atoms with Gasteiger partial charge in [-0.15, -0.1) is 0 Å². The van der Waals surface area contributed by atoms with Crippen molar-refractivity contribution >= 4 is 35.3 Å². The Hall–Kier alpha value is -5.46. The van der Waals surface area contributed by atoms with Gasteiger partial charge in [0.15, 0.2) is 0 Å². The number of likely N-dealkylation sites (tertiary alicyclic amines) is 2. The Morgan fingerprint density at radius 3 is 1.62 bits per heavy atom. The highest BCUT2D eigenvalue weighted by Gasteiger charge is 2.46. The van der Waals surface area contributed by atoms with Crippen LogP contribution in [-0.2, 0) is 19.1 Å². The number of aromatic nitrogens is 2. The number of methoxy groups -OCH3 is 2. The third-order valence-electron chi connectivity index (χ3n) is 12.5. The second-order valence-electron chi connectivity index (χ2n) is 16.9. The zero-order valence-corrected chi connectivity index (χ0v) is 35.4. The minimum atomic E-state index is -0.714. The minimum Gasteiger partial charge on any atom is -0.453 e. The van der Waals surface area contributed by atoms with E-state index in [0.717, 1.165) is 57.9 Å². The molecule has 3 aromatic rings. The number of H-pyrrole nitrogens is 1. The molecular weight excluding hydrogens is 735 g/mol. The van der Waals surface area contributed by atoms with Crippen molar-refractivity contribution in [1.29, 1.82) is 0 Å². The van der Waals surface area contributed by atoms with Crippen molar-refractivity contribution in [2.45, 2.75) is 111 Å². The number of nitrogens with one attached hydrogen (secondary N) is 3. The van der Waals surface area contributed by atoms with Gasteiger partial charge in [0.05, 0.1) is 38.2 Å². The number of nitrogens with zero attached hydrogens (tertiary/aromatic N) is 4. The molecule has 1 aromatic heterocycles. The van der Waals surface area contributed by atoms with Crippen LogP contribution in [0.15, 0.2) is 65.9 Å². The summed E-state index contributed by atoms with van der Waals surface area (Å²) in [6, 6.07) is 15.0. The van der Waals surface area contributed by atoms with Gasteiger partial charge < -0.3 is 34.9 Å². The number of hydrogen-bond acceptors (Lipinski definition) is 8. The fourth-order valence-corrected chi connectivity index (χ4v) is 8.61. The van der Waals surface area contributed by atoms with Crippen molar-refractivity contribution in [1.82, 2.24) is 30.4 Å². The van der Waals surface area contributed by atoms with Crippen LogP contribution in [0.1, 0.15) is 92.1 Å². The van der Waals surface area contributed by atoms with Crippen LogP contribution in [0.5, 0.6) is 0 Å². The van der Waals surface area contributed by atoms with Crippen LogP contribution in [0.3, 0.4) is 0 Å². The number of imidazole rings is 1. The quantitative estimate of drug-likeness (QED) is 0.180. The van der Waals surface area contributed by atoms with Gasteiger partial charge in [0.25, 0.3) is 0 Å². The van der Waals surface area contributed by atoms with Crippen LogP contribution in [0.4, 0.5) is 9.59 Å². The number of amides is 4. The predicted molar refractivity (Wildman–Crippen MR) is 225 cm³/mol. The summed E-state index contributed by atoms with van der Waals surface area (Å²) in [5.41, 5.74) is 7.14. The number of carbonyl (C=O) groups is 4. The number of ether oxygens (including phenoxy) is 2. The lowest BCUT2D eigenvalue weighted by Gasteiger charge is -2.34. The Morgan fingerprint density at radius 2 is 1.14 bits per heavy atom. The summed E-state index contributed by atoms with van der Waals surface area (Å²) >= 11 is 0. The molecule has 13 nitrogen and oxygen atoms in total. The molecule has 3 aliphatic heterocycles. The molecule has 4 heterocycles. The smallest absolute Gasteiger partial charge is 0.407 e. The Balaban J connectivity index is 1.11. The maximum Gasteiger partial charge on any atom is 0.407 e. The number of allylic oxidation sites excluding steroid dienone is 1. The minimum absolute atomic E-state index is 0.00718. The fourth-order valence-electron chi connectivity index (χ4n) is 8.61. The summed E-state index contributed by atoms with van der Waals surface area (Å²) in [4.78, 5) is 68.9. The Kier molecular flexibility index (Phi) is 12.8. The molecule has 58 heavy (non-hydrogen) atoms. The van der Waals surface area contributed by atoms with E-state index in [1.807, 2.05) is 49.9 Å². The highest BCUT2D eigenvalue weighted by molar-refractivity contribution is 6.04. The van der Waals surface area contributed by atoms with Crippen molar-refractivity contribution in [3.05, 3.63) is 72.3 Å². The normalized spacial score (nSPS) is 24.1. The van der Waals surface area contributed by atoms with Crippen LogP contribution < -0.4 is 10.6 Å². The van der Waals surface area contributed by atoms with Gasteiger partial charge in [-0.2, -0.15) is 0 Å². The van der Waals surface area contributed by atoms with Gasteiger partial charge in [0.2, 0.25) is 11.8 Å². The van der Waals surface area contributed by atoms with Crippen LogP contribution in [0, 0.1) is 23.7 Å². The first kappa shape index (κ1) is 42.2. The molecule has 8 atom stereocenters. The molecule has 0 aliphatic carbocycles. The van der Waals surface area contributed by atoms with E-state index in [9.17, 15) is 19.2 Å². The van der Waals surface area contributed by atoms with Crippen LogP contribution >= 0.6 is 0 Å². The molecule has 13 heteroatoms. The molecule has 2 saturated heterocycles. The Bertz CT molecular complexity index is 2040. The second kappa shape index (κ2) is 17.6. The summed E-state index contributed by atoms with van der Waals surface area (Å²) in [6.45, 7) is 16.1. The largest absolute Gasteiger partial charge is 0.453 e. The summed E-state index contributed by atoms with van der Waals surface area (Å²) < 4.78 is 9.62. The first-order chi connectivity index (χ1) is 27.6. The van der Waals surface area contributed by atoms with Gasteiger partial charge in [0.1, 0.15) is 17.9 Å². The standard InChI is InChI=1S/C45H59N7O6/c1-24(2)39(49-44(55)57-9)42(53)51-28(7)26(5)19-37(51)35-21-34(22-46-35)32-13-11-30(12-14-32)31-15-17-33(18-16-31)36-23-47-41(48-36)38-20-27(6)29(8)52(38)43(54)40(25(3)4)50-45(56)58-10/h11-18,22-29,37-40H,19-21H2,1-10H3,(H,47,48)(H,49,55)(H,50,56)/t26-,27-,28+,29+,37+,38+,39+,40+/m1/s1. The lowest BCUT2D eigenvalue weighted by Crippen LogP contribution is -2.55. The molecule has 0 saturated carbocycles. The highest BCUT2D eigenvalue weighted by atomic mass is 16.5. The number of carbonyl (C=O) groups excluding carboxylic acids is 4. The van der Waals surface area contributed by atoms with E-state index >= 15 is 0 Å². The monoisotopic (exact) mass is 793 g/mol. The molecule has 0 radical (unpaired) electrons. The summed E-state index contributed by atoms with van der Waals surface area (Å²) in [6.07, 6.45) is 4.72. The molecule has 0 spiro atoms. The zero-order valence-electron chi connectivity index (χ0n) is 35.4. The first-order valence-electron chi connectivity index (χ1n) is 20.5. The number of aromatic amines is 1. The van der Waals surface area contributed by atoms with E-state index in [2.05, 4.69) is 91.8 Å². The molecule has 3 aliphatic rings. The van der Waals surface area contributed by atoms with Crippen molar-refractivity contribution in [2.75, 3.05) is 14.2 Å². The number of benzene rings is 2. The Morgan fingerprint density at radius 1 is 0.690 bits per heavy atom. The zero-order chi connectivity index (χ0) is 42.0. The summed E-state index contributed by atoms with van der Waals surface area (Å²) in [5, 5.41) is 5.48. The van der Waals surface area contributed by atoms with Crippen molar-refractivity contribution in [3.8, 4) is 22.4 Å². The fraction of sp³-hybridized carbons (Fsp3) is 0.511. The molecular formula is C45H59N7O6. The van der Waals surface area contributed by atoms with Gasteiger partial charge in [-0.1, -0.05) is 90.1 Å². The summed E-state index contributed by atoms with van der Waals surface area (Å²) in [5.74, 6) is 0.779. The Labute approximate surface area is 342 Å². The number of rotatable bonds is 11. The van der Waals surface area contributed by atoms with E-state index in [1.165, 1.54) is 14.2 Å². The van der Waals surface area contributed by atoms with Gasteiger partial charge in [0, 0.05) is 30.4 Å². The maximum absolute atomic E-state index is 13.9. The van der Waals surface area contributed by atoms with E-state index < -0.39 is 24.3 Å². The van der Waals surface area contributed by atoms with Gasteiger partial charge in [-0.05, 0) is 78.2 Å². The number of alkyl carbamates (subject to hydrolysis) is 2. The summed E-state index contributed by atoms with van der Waals surface area (Å²) in [7, 11) is 2.60. The third kappa shape index (κ3) is 8.54. The molecule has 0 unspecified atom stereocenters. The maximum atomic E-state index is 13.9. The van der Waals surface area contributed by atoms with E-state index in [0.29, 0.717) is 6.42 Å². The molecule has 4 amide bonds. The number of hydrogen-bond donors (Lipinski definition) is 3. The molecule has 0 bridgehead atoms. The van der Waals surface area contributed by atoms with E-state index in [-0.39, 0.29) is 59.7 Å². The van der Waals surface area contributed by atoms with Gasteiger partial charge in [-0.3, -0.25) is 14.6 Å². The molecule has 2 fully saturated rings. The van der Waals surface area contributed by atoms with Crippen molar-refractivity contribution < 1.29 is 28.7 Å². The SMILES string of the molecule is COC(=O)N[C@H](C(=O)N1[C@H](C2=NC=C(c3ccc(-c4ccc(-c5cnc([C@@H]6C[C@@H](C)[C@H](C)N6C(=O)[C@@H](NC(=O)OC)C(C)C)[nH]5)cc4)cc3)C2)C[C@@H](C)[C@@H]1C)C(C)C. The van der Waals surface area contributed by atoms with Crippen molar-refractivity contribution in [3.63, 3.8) is 0 Å². The van der Waals surface area contributed by atoms with Crippen LogP contribution in [-0.4, -0.2) is 93.9 Å². The average Bonchev–Trinajstić information content (AvgIpc) is 4.02. The van der Waals surface area contributed by atoms with E-state index in [4.69, 9.17) is 19.5 Å². The highest BCUT2D eigenvalue weighted by Crippen LogP contribution is 2.41. The molecule has 2 aromatic carbocycles. The number of aliphatic imine (C=N–C) groups is 1. The molecule has 6 rings (SSSR count). The lowest BCUT2D eigenvalue weighted by molar-refractivity contribution is -0.138.